The smallest absolute Gasteiger partial charge is 0.190 e. The van der Waals surface area contributed by atoms with Crippen LogP contribution in [0.1, 0.15) is 25.8 Å². The Hall–Kier alpha value is -1.79. The van der Waals surface area contributed by atoms with Crippen molar-refractivity contribution in [2.24, 2.45) is 10.9 Å². The van der Waals surface area contributed by atoms with Gasteiger partial charge in [-0.3, -0.25) is 4.99 Å². The first-order valence-electron chi connectivity index (χ1n) is 9.38. The van der Waals surface area contributed by atoms with Gasteiger partial charge in [-0.15, -0.1) is 0 Å². The largest absolute Gasteiger partial charge is 0.493 e. The number of rotatable bonds is 13. The lowest BCUT2D eigenvalue weighted by Crippen LogP contribution is -2.39. The first-order valence-corrected chi connectivity index (χ1v) is 9.38. The minimum atomic E-state index is 0.537. The van der Waals surface area contributed by atoms with Crippen LogP contribution in [0, 0.1) is 5.92 Å². The molecule has 1 aromatic carbocycles. The van der Waals surface area contributed by atoms with Crippen molar-refractivity contribution in [1.82, 2.24) is 10.6 Å². The molecule has 148 valence electrons. The second kappa shape index (κ2) is 14.4. The van der Waals surface area contributed by atoms with Crippen molar-refractivity contribution in [2.75, 3.05) is 53.7 Å². The average molecular weight is 366 g/mol. The van der Waals surface area contributed by atoms with Crippen molar-refractivity contribution in [3.63, 3.8) is 0 Å². The maximum Gasteiger partial charge on any atom is 0.190 e. The fourth-order valence-electron chi connectivity index (χ4n) is 2.19. The van der Waals surface area contributed by atoms with E-state index in [2.05, 4.69) is 41.6 Å². The Balaban J connectivity index is 2.16. The lowest BCUT2D eigenvalue weighted by atomic mass is 10.1. The zero-order valence-corrected chi connectivity index (χ0v) is 16.7. The number of methoxy groups -OCH3 is 1. The normalized spacial score (nSPS) is 11.7. The highest BCUT2D eigenvalue weighted by molar-refractivity contribution is 5.79. The van der Waals surface area contributed by atoms with Gasteiger partial charge in [0.2, 0.25) is 0 Å². The van der Waals surface area contributed by atoms with E-state index in [1.165, 1.54) is 5.56 Å². The molecule has 1 aromatic rings. The summed E-state index contributed by atoms with van der Waals surface area (Å²) in [4.78, 5) is 4.23. The first kappa shape index (κ1) is 22.3. The van der Waals surface area contributed by atoms with E-state index in [1.54, 1.807) is 14.2 Å². The van der Waals surface area contributed by atoms with E-state index >= 15 is 0 Å². The molecule has 0 saturated carbocycles. The molecule has 2 N–H and O–H groups in total. The third kappa shape index (κ3) is 10.9. The molecular formula is C20H35N3O3. The van der Waals surface area contributed by atoms with Crippen molar-refractivity contribution in [3.8, 4) is 5.75 Å². The molecule has 1 rings (SSSR count). The summed E-state index contributed by atoms with van der Waals surface area (Å²) in [5, 5.41) is 6.62. The van der Waals surface area contributed by atoms with Gasteiger partial charge in [0.05, 0.1) is 19.8 Å². The van der Waals surface area contributed by atoms with Gasteiger partial charge in [0.25, 0.3) is 0 Å². The molecule has 0 aromatic heterocycles. The predicted octanol–water partition coefficient (Wildman–Crippen LogP) is 2.48. The van der Waals surface area contributed by atoms with Crippen LogP contribution in [0.5, 0.6) is 5.75 Å². The Morgan fingerprint density at radius 1 is 1.04 bits per heavy atom. The Bertz CT molecular complexity index is 490. The van der Waals surface area contributed by atoms with Crippen LogP contribution >= 0.6 is 0 Å². The van der Waals surface area contributed by atoms with E-state index in [9.17, 15) is 0 Å². The zero-order valence-electron chi connectivity index (χ0n) is 16.7. The number of aliphatic imine (C=N–C) groups is 1. The molecule has 6 nitrogen and oxygen atoms in total. The summed E-state index contributed by atoms with van der Waals surface area (Å²) in [7, 11) is 3.46. The van der Waals surface area contributed by atoms with Crippen LogP contribution in [0.4, 0.5) is 0 Å². The summed E-state index contributed by atoms with van der Waals surface area (Å²) in [6.45, 7) is 8.71. The third-order valence-corrected chi connectivity index (χ3v) is 3.63. The molecule has 0 spiro atoms. The van der Waals surface area contributed by atoms with Gasteiger partial charge >= 0.3 is 0 Å². The Morgan fingerprint density at radius 2 is 1.77 bits per heavy atom. The number of nitrogens with zero attached hydrogens (tertiary/aromatic N) is 1. The fourth-order valence-corrected chi connectivity index (χ4v) is 2.19. The number of benzene rings is 1. The van der Waals surface area contributed by atoms with E-state index in [0.29, 0.717) is 19.1 Å². The fraction of sp³-hybridized carbons (Fsp3) is 0.650. The maximum atomic E-state index is 5.71. The summed E-state index contributed by atoms with van der Waals surface area (Å²) in [6, 6.07) is 8.30. The van der Waals surface area contributed by atoms with Gasteiger partial charge in [0.15, 0.2) is 5.96 Å². The van der Waals surface area contributed by atoms with Crippen molar-refractivity contribution < 1.29 is 14.2 Å². The van der Waals surface area contributed by atoms with Crippen molar-refractivity contribution in [3.05, 3.63) is 29.8 Å². The monoisotopic (exact) mass is 365 g/mol. The van der Waals surface area contributed by atoms with E-state index in [4.69, 9.17) is 14.2 Å². The van der Waals surface area contributed by atoms with Crippen molar-refractivity contribution in [1.29, 1.82) is 0 Å². The molecule has 0 saturated heterocycles. The number of guanidine groups is 1. The topological polar surface area (TPSA) is 64.1 Å². The van der Waals surface area contributed by atoms with Gasteiger partial charge in [-0.05, 0) is 36.5 Å². The standard InChI is InChI=1S/C20H35N3O3/c1-17(2)16-26-19-8-6-18(7-9-19)10-12-23-20(21-3)22-11-5-13-25-15-14-24-4/h6-9,17H,5,10-16H2,1-4H3,(H2,21,22,23). The van der Waals surface area contributed by atoms with Crippen LogP contribution in [0.15, 0.2) is 29.3 Å². The summed E-state index contributed by atoms with van der Waals surface area (Å²) in [6.07, 6.45) is 1.87. The summed E-state index contributed by atoms with van der Waals surface area (Å²) >= 11 is 0. The Kier molecular flexibility index (Phi) is 12.3. The molecule has 0 atom stereocenters. The SMILES string of the molecule is CN=C(NCCCOCCOC)NCCc1ccc(OCC(C)C)cc1. The molecule has 0 aliphatic rings. The Labute approximate surface area is 158 Å². The molecular weight excluding hydrogens is 330 g/mol. The highest BCUT2D eigenvalue weighted by Gasteiger charge is 2.00. The van der Waals surface area contributed by atoms with Gasteiger partial charge in [-0.2, -0.15) is 0 Å². The van der Waals surface area contributed by atoms with Crippen LogP contribution in [0.25, 0.3) is 0 Å². The molecule has 0 unspecified atom stereocenters. The van der Waals surface area contributed by atoms with Crippen LogP contribution in [0.3, 0.4) is 0 Å². The molecule has 0 aliphatic heterocycles. The van der Waals surface area contributed by atoms with E-state index in [-0.39, 0.29) is 0 Å². The number of ether oxygens (including phenoxy) is 3. The molecule has 0 amide bonds. The van der Waals surface area contributed by atoms with E-state index in [0.717, 1.165) is 50.9 Å². The van der Waals surface area contributed by atoms with Crippen LogP contribution < -0.4 is 15.4 Å². The minimum Gasteiger partial charge on any atom is -0.493 e. The minimum absolute atomic E-state index is 0.537. The van der Waals surface area contributed by atoms with Gasteiger partial charge in [0.1, 0.15) is 5.75 Å². The quantitative estimate of drug-likeness (QED) is 0.319. The average Bonchev–Trinajstić information content (AvgIpc) is 2.65. The van der Waals surface area contributed by atoms with Gasteiger partial charge in [0, 0.05) is 33.9 Å². The summed E-state index contributed by atoms with van der Waals surface area (Å²) in [5.74, 6) is 2.29. The number of hydrogen-bond donors (Lipinski definition) is 2. The molecule has 6 heteroatoms. The Morgan fingerprint density at radius 3 is 2.42 bits per heavy atom. The highest BCUT2D eigenvalue weighted by Crippen LogP contribution is 2.13. The van der Waals surface area contributed by atoms with Crippen LogP contribution in [-0.2, 0) is 15.9 Å². The first-order chi connectivity index (χ1) is 12.7. The van der Waals surface area contributed by atoms with Crippen molar-refractivity contribution >= 4 is 5.96 Å². The summed E-state index contributed by atoms with van der Waals surface area (Å²) < 4.78 is 16.1. The summed E-state index contributed by atoms with van der Waals surface area (Å²) in [5.41, 5.74) is 1.27. The second-order valence-corrected chi connectivity index (χ2v) is 6.48. The number of hydrogen-bond acceptors (Lipinski definition) is 4. The molecule has 0 fully saturated rings. The van der Waals surface area contributed by atoms with Crippen molar-refractivity contribution in [2.45, 2.75) is 26.7 Å². The number of nitrogens with one attached hydrogen (secondary N) is 2. The van der Waals surface area contributed by atoms with E-state index < -0.39 is 0 Å². The highest BCUT2D eigenvalue weighted by atomic mass is 16.5. The van der Waals surface area contributed by atoms with Gasteiger partial charge in [-0.25, -0.2) is 0 Å². The second-order valence-electron chi connectivity index (χ2n) is 6.48. The molecule has 0 aliphatic carbocycles. The lowest BCUT2D eigenvalue weighted by molar-refractivity contribution is 0.0698. The molecule has 0 bridgehead atoms. The lowest BCUT2D eigenvalue weighted by Gasteiger charge is -2.12. The maximum absolute atomic E-state index is 5.71. The van der Waals surface area contributed by atoms with Gasteiger partial charge in [-0.1, -0.05) is 26.0 Å². The van der Waals surface area contributed by atoms with E-state index in [1.807, 2.05) is 12.1 Å². The third-order valence-electron chi connectivity index (χ3n) is 3.63. The molecule has 26 heavy (non-hydrogen) atoms. The molecule has 0 heterocycles. The zero-order chi connectivity index (χ0) is 19.0. The molecule has 0 radical (unpaired) electrons. The predicted molar refractivity (Wildman–Crippen MR) is 107 cm³/mol. The van der Waals surface area contributed by atoms with Crippen LogP contribution in [0.2, 0.25) is 0 Å². The van der Waals surface area contributed by atoms with Crippen LogP contribution in [-0.4, -0.2) is 59.6 Å². The van der Waals surface area contributed by atoms with Gasteiger partial charge < -0.3 is 24.8 Å².